The molecule has 0 heterocycles. The fourth-order valence-corrected chi connectivity index (χ4v) is 0.966. The van der Waals surface area contributed by atoms with Crippen molar-refractivity contribution in [2.24, 2.45) is 0 Å². The number of carbonyl (C=O) groups excluding carboxylic acids is 1. The van der Waals surface area contributed by atoms with Crippen molar-refractivity contribution in [3.63, 3.8) is 0 Å². The molecule has 0 aliphatic heterocycles. The molecule has 2 nitrogen and oxygen atoms in total. The van der Waals surface area contributed by atoms with Gasteiger partial charge in [0.05, 0.1) is 5.69 Å². The lowest BCUT2D eigenvalue weighted by atomic mass is 10.1. The predicted octanol–water partition coefficient (Wildman–Crippen LogP) is 2.18. The van der Waals surface area contributed by atoms with Gasteiger partial charge in [-0.15, -0.1) is 0 Å². The molecule has 4 heteroatoms. The minimum absolute atomic E-state index is 0.0635. The average Bonchev–Trinajstić information content (AvgIpc) is 2.09. The van der Waals surface area contributed by atoms with Crippen molar-refractivity contribution in [3.05, 3.63) is 35.9 Å². The maximum Gasteiger partial charge on any atom is 0.211 e. The van der Waals surface area contributed by atoms with E-state index in [-0.39, 0.29) is 11.3 Å². The van der Waals surface area contributed by atoms with Gasteiger partial charge in [-0.2, -0.15) is 0 Å². The highest BCUT2D eigenvalue weighted by Gasteiger charge is 2.07. The van der Waals surface area contributed by atoms with E-state index in [2.05, 4.69) is 11.9 Å². The summed E-state index contributed by atoms with van der Waals surface area (Å²) in [6.45, 7) is 3.37. The topological polar surface area (TPSA) is 29.1 Å². The standard InChI is InChI=1S/C9H7F2NO/c1-2-6-3-7(10)4-8(11)9(6)12-5-13/h2-5H,1H2,(H,12,13). The highest BCUT2D eigenvalue weighted by atomic mass is 19.1. The molecule has 0 fully saturated rings. The zero-order chi connectivity index (χ0) is 9.84. The summed E-state index contributed by atoms with van der Waals surface area (Å²) in [7, 11) is 0. The van der Waals surface area contributed by atoms with Crippen LogP contribution in [0.25, 0.3) is 6.08 Å². The zero-order valence-corrected chi connectivity index (χ0v) is 6.68. The maximum atomic E-state index is 13.0. The molecule has 68 valence electrons. The molecule has 13 heavy (non-hydrogen) atoms. The van der Waals surface area contributed by atoms with Crippen molar-refractivity contribution in [1.29, 1.82) is 0 Å². The SMILES string of the molecule is C=Cc1cc(F)cc(F)c1NC=O. The van der Waals surface area contributed by atoms with Gasteiger partial charge in [-0.05, 0) is 6.07 Å². The van der Waals surface area contributed by atoms with Crippen LogP contribution in [0.1, 0.15) is 5.56 Å². The maximum absolute atomic E-state index is 13.0. The highest BCUT2D eigenvalue weighted by molar-refractivity contribution is 5.78. The zero-order valence-electron chi connectivity index (χ0n) is 6.68. The molecule has 1 rings (SSSR count). The first-order chi connectivity index (χ1) is 6.19. The van der Waals surface area contributed by atoms with E-state index in [0.717, 1.165) is 6.07 Å². The molecule has 0 aliphatic carbocycles. The van der Waals surface area contributed by atoms with E-state index in [9.17, 15) is 13.6 Å². The largest absolute Gasteiger partial charge is 0.326 e. The summed E-state index contributed by atoms with van der Waals surface area (Å²) in [5.41, 5.74) is 0.149. The third kappa shape index (κ3) is 1.90. The van der Waals surface area contributed by atoms with Crippen LogP contribution in [0.15, 0.2) is 18.7 Å². The Morgan fingerprint density at radius 2 is 2.08 bits per heavy atom. The fraction of sp³-hybridized carbons (Fsp3) is 0. The summed E-state index contributed by atoms with van der Waals surface area (Å²) in [5.74, 6) is -1.52. The van der Waals surface area contributed by atoms with Gasteiger partial charge in [0.1, 0.15) is 11.6 Å². The second kappa shape index (κ2) is 3.80. The first-order valence-corrected chi connectivity index (χ1v) is 3.50. The van der Waals surface area contributed by atoms with Gasteiger partial charge in [-0.3, -0.25) is 4.79 Å². The van der Waals surface area contributed by atoms with Crippen LogP contribution in [0.3, 0.4) is 0 Å². The van der Waals surface area contributed by atoms with E-state index in [4.69, 9.17) is 0 Å². The minimum atomic E-state index is -0.818. The molecule has 0 bridgehead atoms. The Morgan fingerprint density at radius 1 is 1.38 bits per heavy atom. The normalized spacial score (nSPS) is 9.38. The Bertz CT molecular complexity index is 350. The smallest absolute Gasteiger partial charge is 0.211 e. The van der Waals surface area contributed by atoms with Gasteiger partial charge in [0, 0.05) is 11.6 Å². The molecule has 0 atom stereocenters. The lowest BCUT2D eigenvalue weighted by Gasteiger charge is -2.05. The Morgan fingerprint density at radius 3 is 2.62 bits per heavy atom. The molecular weight excluding hydrogens is 176 g/mol. The number of hydrogen-bond acceptors (Lipinski definition) is 1. The van der Waals surface area contributed by atoms with Crippen molar-refractivity contribution in [2.75, 3.05) is 5.32 Å². The lowest BCUT2D eigenvalue weighted by Crippen LogP contribution is -2.00. The summed E-state index contributed by atoms with van der Waals surface area (Å²) < 4.78 is 25.6. The second-order valence-corrected chi connectivity index (χ2v) is 2.32. The van der Waals surface area contributed by atoms with Crippen LogP contribution in [0, 0.1) is 11.6 Å². The van der Waals surface area contributed by atoms with Crippen LogP contribution >= 0.6 is 0 Å². The minimum Gasteiger partial charge on any atom is -0.326 e. The Labute approximate surface area is 73.9 Å². The molecule has 0 aliphatic rings. The molecule has 0 saturated heterocycles. The summed E-state index contributed by atoms with van der Waals surface area (Å²) >= 11 is 0. The van der Waals surface area contributed by atoms with Crippen molar-refractivity contribution in [3.8, 4) is 0 Å². The van der Waals surface area contributed by atoms with Crippen LogP contribution in [-0.4, -0.2) is 6.41 Å². The van der Waals surface area contributed by atoms with Crippen LogP contribution < -0.4 is 5.32 Å². The number of halogens is 2. The molecule has 0 aromatic heterocycles. The number of amides is 1. The first-order valence-electron chi connectivity index (χ1n) is 3.50. The average molecular weight is 183 g/mol. The first kappa shape index (κ1) is 9.38. The number of carbonyl (C=O) groups is 1. The molecule has 0 radical (unpaired) electrons. The molecule has 1 N–H and O–H groups in total. The van der Waals surface area contributed by atoms with Crippen LogP contribution in [0.2, 0.25) is 0 Å². The molecule has 0 spiro atoms. The van der Waals surface area contributed by atoms with E-state index in [1.54, 1.807) is 0 Å². The van der Waals surface area contributed by atoms with E-state index >= 15 is 0 Å². The van der Waals surface area contributed by atoms with Gasteiger partial charge in [-0.25, -0.2) is 8.78 Å². The third-order valence-corrected chi connectivity index (χ3v) is 1.51. The summed E-state index contributed by atoms with van der Waals surface area (Å²) in [5, 5.41) is 2.13. The second-order valence-electron chi connectivity index (χ2n) is 2.32. The third-order valence-electron chi connectivity index (χ3n) is 1.51. The molecule has 0 unspecified atom stereocenters. The van der Waals surface area contributed by atoms with Gasteiger partial charge in [-0.1, -0.05) is 12.7 Å². The Balaban J connectivity index is 3.28. The van der Waals surface area contributed by atoms with Crippen molar-refractivity contribution in [1.82, 2.24) is 0 Å². The lowest BCUT2D eigenvalue weighted by molar-refractivity contribution is -0.105. The highest BCUT2D eigenvalue weighted by Crippen LogP contribution is 2.21. The van der Waals surface area contributed by atoms with Gasteiger partial charge < -0.3 is 5.32 Å². The monoisotopic (exact) mass is 183 g/mol. The molecule has 1 amide bonds. The van der Waals surface area contributed by atoms with Gasteiger partial charge in [0.15, 0.2) is 0 Å². The number of hydrogen-bond donors (Lipinski definition) is 1. The number of benzene rings is 1. The molecule has 1 aromatic carbocycles. The van der Waals surface area contributed by atoms with E-state index in [0.29, 0.717) is 12.5 Å². The van der Waals surface area contributed by atoms with E-state index in [1.807, 2.05) is 0 Å². The fourth-order valence-electron chi connectivity index (χ4n) is 0.966. The van der Waals surface area contributed by atoms with E-state index < -0.39 is 11.6 Å². The Hall–Kier alpha value is -1.71. The van der Waals surface area contributed by atoms with Crippen LogP contribution in [0.5, 0.6) is 0 Å². The van der Waals surface area contributed by atoms with Gasteiger partial charge in [0.2, 0.25) is 6.41 Å². The molecular formula is C9H7F2NO. The van der Waals surface area contributed by atoms with Crippen LogP contribution in [-0.2, 0) is 4.79 Å². The number of anilines is 1. The summed E-state index contributed by atoms with van der Waals surface area (Å²) in [4.78, 5) is 10.1. The Kier molecular flexibility index (Phi) is 2.74. The number of rotatable bonds is 3. The van der Waals surface area contributed by atoms with Gasteiger partial charge >= 0.3 is 0 Å². The van der Waals surface area contributed by atoms with Gasteiger partial charge in [0.25, 0.3) is 0 Å². The summed E-state index contributed by atoms with van der Waals surface area (Å²) in [6.07, 6.45) is 1.58. The van der Waals surface area contributed by atoms with Crippen molar-refractivity contribution >= 4 is 18.2 Å². The predicted molar refractivity (Wildman–Crippen MR) is 46.1 cm³/mol. The van der Waals surface area contributed by atoms with Crippen molar-refractivity contribution < 1.29 is 13.6 Å². The number of nitrogens with one attached hydrogen (secondary N) is 1. The summed E-state index contributed by atoms with van der Waals surface area (Å²) in [6, 6.07) is 1.78. The van der Waals surface area contributed by atoms with Crippen molar-refractivity contribution in [2.45, 2.75) is 0 Å². The quantitative estimate of drug-likeness (QED) is 0.715. The molecule has 1 aromatic rings. The molecule has 0 saturated carbocycles. The van der Waals surface area contributed by atoms with E-state index in [1.165, 1.54) is 6.08 Å². The van der Waals surface area contributed by atoms with Crippen LogP contribution in [0.4, 0.5) is 14.5 Å².